The Hall–Kier alpha value is -1.76. The Bertz CT molecular complexity index is 435. The molecule has 0 aromatic heterocycles. The molecule has 84 valence electrons. The Kier molecular flexibility index (Phi) is 2.69. The van der Waals surface area contributed by atoms with E-state index in [4.69, 9.17) is 17.6 Å². The van der Waals surface area contributed by atoms with Crippen LogP contribution in [0.5, 0.6) is 0 Å². The summed E-state index contributed by atoms with van der Waals surface area (Å²) in [6.45, 7) is 2.72. The van der Waals surface area contributed by atoms with E-state index in [1.54, 1.807) is 11.2 Å². The largest absolute Gasteiger partial charge is 0.301 e. The van der Waals surface area contributed by atoms with E-state index in [2.05, 4.69) is 15.4 Å². The van der Waals surface area contributed by atoms with Crippen molar-refractivity contribution in [2.24, 2.45) is 9.98 Å². The number of nitrogens with zero attached hydrogens (tertiary/aromatic N) is 4. The summed E-state index contributed by atoms with van der Waals surface area (Å²) < 4.78 is 0. The van der Waals surface area contributed by atoms with Gasteiger partial charge in [0.25, 0.3) is 0 Å². The summed E-state index contributed by atoms with van der Waals surface area (Å²) in [4.78, 5) is 9.97. The molecule has 2 heterocycles. The normalized spacial score (nSPS) is 24.4. The number of rotatable bonds is 1. The molecule has 1 fully saturated rings. The highest BCUT2D eigenvalue weighted by Crippen LogP contribution is 2.21. The molecule has 2 aliphatic rings. The van der Waals surface area contributed by atoms with Gasteiger partial charge in [0.15, 0.2) is 16.8 Å². The molecule has 7 heteroatoms. The topological polar surface area (TPSA) is 67.1 Å². The zero-order chi connectivity index (χ0) is 11.7. The molecule has 6 nitrogen and oxygen atoms in total. The lowest BCUT2D eigenvalue weighted by molar-refractivity contribution is 0.353. The third-order valence-electron chi connectivity index (χ3n) is 2.31. The first-order chi connectivity index (χ1) is 7.65. The molecule has 1 saturated heterocycles. The maximum atomic E-state index is 7.74. The lowest BCUT2D eigenvalue weighted by atomic mass is 10.3. The Balaban J connectivity index is 2.48. The Labute approximate surface area is 98.8 Å². The number of thiocarbonyl (C=S) groups is 1. The minimum Gasteiger partial charge on any atom is -0.301 e. The first kappa shape index (κ1) is 10.7. The summed E-state index contributed by atoms with van der Waals surface area (Å²) in [5.41, 5.74) is 3.52. The fourth-order valence-electron chi connectivity index (χ4n) is 1.62. The molecule has 0 atom stereocenters. The van der Waals surface area contributed by atoms with E-state index in [9.17, 15) is 0 Å². The van der Waals surface area contributed by atoms with Gasteiger partial charge in [-0.2, -0.15) is 0 Å². The van der Waals surface area contributed by atoms with E-state index in [0.29, 0.717) is 10.8 Å². The molecular formula is C9H12N6S. The van der Waals surface area contributed by atoms with Crippen LogP contribution in [-0.2, 0) is 0 Å². The van der Waals surface area contributed by atoms with Gasteiger partial charge in [0.1, 0.15) is 5.70 Å². The van der Waals surface area contributed by atoms with Crippen LogP contribution in [0.2, 0.25) is 0 Å². The van der Waals surface area contributed by atoms with E-state index in [1.165, 1.54) is 6.21 Å². The van der Waals surface area contributed by atoms with Gasteiger partial charge in [0, 0.05) is 26.0 Å². The number of aliphatic imine (C=N–C) groups is 2. The number of hydrogen-bond donors (Lipinski definition) is 2. The van der Waals surface area contributed by atoms with Crippen molar-refractivity contribution in [3.8, 4) is 0 Å². The molecule has 0 amide bonds. The predicted octanol–water partition coefficient (Wildman–Crippen LogP) is 0.345. The minimum absolute atomic E-state index is 0.148. The first-order valence-electron chi connectivity index (χ1n) is 4.87. The second kappa shape index (κ2) is 4.01. The number of amidine groups is 1. The average molecular weight is 236 g/mol. The maximum Gasteiger partial charge on any atom is 0.193 e. The second-order valence-electron chi connectivity index (χ2n) is 3.30. The van der Waals surface area contributed by atoms with Crippen LogP contribution in [0.4, 0.5) is 0 Å². The molecule has 0 radical (unpaired) electrons. The van der Waals surface area contributed by atoms with Crippen LogP contribution in [0.25, 0.3) is 0 Å². The van der Waals surface area contributed by atoms with Gasteiger partial charge in [0.2, 0.25) is 0 Å². The maximum absolute atomic E-state index is 7.74. The average Bonchev–Trinajstić information content (AvgIpc) is 2.54. The van der Waals surface area contributed by atoms with Gasteiger partial charge in [-0.25, -0.2) is 9.98 Å². The molecule has 0 spiro atoms. The van der Waals surface area contributed by atoms with Crippen LogP contribution in [0.15, 0.2) is 21.5 Å². The number of hydrazine groups is 1. The minimum atomic E-state index is 0.148. The molecular weight excluding hydrogens is 224 g/mol. The summed E-state index contributed by atoms with van der Waals surface area (Å²) in [7, 11) is 1.84. The lowest BCUT2D eigenvalue weighted by Crippen LogP contribution is -2.29. The number of nitrogens with one attached hydrogen (secondary N) is 2. The molecule has 0 bridgehead atoms. The Morgan fingerprint density at radius 2 is 2.12 bits per heavy atom. The lowest BCUT2D eigenvalue weighted by Gasteiger charge is -2.20. The van der Waals surface area contributed by atoms with Gasteiger partial charge in [-0.1, -0.05) is 0 Å². The van der Waals surface area contributed by atoms with Gasteiger partial charge >= 0.3 is 0 Å². The van der Waals surface area contributed by atoms with Gasteiger partial charge in [-0.3, -0.25) is 15.8 Å². The van der Waals surface area contributed by atoms with Crippen LogP contribution in [-0.4, -0.2) is 46.9 Å². The standard InChI is InChI=1S/C9H12N6S/c1-3-15-8(14(2)13-9(15)16)6-7(10)12-5-4-11-6/h4-5,10H,3H2,1-2H3,(H,13,16)/b8-6-,10-7?. The van der Waals surface area contributed by atoms with Crippen LogP contribution >= 0.6 is 12.2 Å². The first-order valence-corrected chi connectivity index (χ1v) is 5.27. The molecule has 0 aromatic rings. The highest BCUT2D eigenvalue weighted by molar-refractivity contribution is 7.80. The summed E-state index contributed by atoms with van der Waals surface area (Å²) in [5, 5.41) is 10.1. The van der Waals surface area contributed by atoms with E-state index in [0.717, 1.165) is 12.4 Å². The van der Waals surface area contributed by atoms with Gasteiger partial charge < -0.3 is 4.90 Å². The fourth-order valence-corrected chi connectivity index (χ4v) is 1.97. The zero-order valence-electron chi connectivity index (χ0n) is 9.06. The predicted molar refractivity (Wildman–Crippen MR) is 67.6 cm³/mol. The fraction of sp³-hybridized carbons (Fsp3) is 0.333. The van der Waals surface area contributed by atoms with E-state index in [-0.39, 0.29) is 5.84 Å². The van der Waals surface area contributed by atoms with Crippen molar-refractivity contribution in [1.29, 1.82) is 5.41 Å². The molecule has 16 heavy (non-hydrogen) atoms. The highest BCUT2D eigenvalue weighted by Gasteiger charge is 2.30. The molecule has 0 unspecified atom stereocenters. The summed E-state index contributed by atoms with van der Waals surface area (Å²) in [6.07, 6.45) is 3.08. The smallest absolute Gasteiger partial charge is 0.193 e. The molecule has 0 saturated carbocycles. The third kappa shape index (κ3) is 1.58. The Morgan fingerprint density at radius 1 is 1.44 bits per heavy atom. The Morgan fingerprint density at radius 3 is 2.75 bits per heavy atom. The number of hydrogen-bond acceptors (Lipinski definition) is 4. The van der Waals surface area contributed by atoms with Crippen LogP contribution < -0.4 is 5.43 Å². The van der Waals surface area contributed by atoms with Gasteiger partial charge in [0.05, 0.1) is 0 Å². The van der Waals surface area contributed by atoms with E-state index < -0.39 is 0 Å². The van der Waals surface area contributed by atoms with Crippen molar-refractivity contribution in [2.45, 2.75) is 6.92 Å². The van der Waals surface area contributed by atoms with Gasteiger partial charge in [-0.05, 0) is 19.1 Å². The SMILES string of the molecule is CCN1C(=S)NN(C)/C1=C1/N=CC=NC1=N. The van der Waals surface area contributed by atoms with Crippen molar-refractivity contribution in [1.82, 2.24) is 15.3 Å². The molecule has 0 aliphatic carbocycles. The zero-order valence-corrected chi connectivity index (χ0v) is 9.88. The molecule has 2 N–H and O–H groups in total. The monoisotopic (exact) mass is 236 g/mol. The van der Waals surface area contributed by atoms with Crippen molar-refractivity contribution >= 4 is 35.6 Å². The summed E-state index contributed by atoms with van der Waals surface area (Å²) in [6, 6.07) is 0. The second-order valence-corrected chi connectivity index (χ2v) is 3.68. The van der Waals surface area contributed by atoms with Crippen molar-refractivity contribution in [3.63, 3.8) is 0 Å². The third-order valence-corrected chi connectivity index (χ3v) is 2.62. The van der Waals surface area contributed by atoms with E-state index in [1.807, 2.05) is 18.9 Å². The van der Waals surface area contributed by atoms with Crippen molar-refractivity contribution in [3.05, 3.63) is 11.5 Å². The molecule has 2 aliphatic heterocycles. The molecule has 0 aromatic carbocycles. The summed E-state index contributed by atoms with van der Waals surface area (Å²) >= 11 is 5.18. The van der Waals surface area contributed by atoms with Gasteiger partial charge in [-0.15, -0.1) is 0 Å². The quantitative estimate of drug-likeness (QED) is 0.644. The van der Waals surface area contributed by atoms with Crippen molar-refractivity contribution in [2.75, 3.05) is 13.6 Å². The van der Waals surface area contributed by atoms with Crippen LogP contribution in [0.3, 0.4) is 0 Å². The van der Waals surface area contributed by atoms with Crippen molar-refractivity contribution < 1.29 is 0 Å². The van der Waals surface area contributed by atoms with E-state index >= 15 is 0 Å². The summed E-state index contributed by atoms with van der Waals surface area (Å²) in [5.74, 6) is 0.917. The van der Waals surface area contributed by atoms with Crippen LogP contribution in [0, 0.1) is 5.41 Å². The highest BCUT2D eigenvalue weighted by atomic mass is 32.1. The van der Waals surface area contributed by atoms with Crippen LogP contribution in [0.1, 0.15) is 6.92 Å². The molecule has 2 rings (SSSR count).